The van der Waals surface area contributed by atoms with Crippen molar-refractivity contribution in [2.24, 2.45) is 0 Å². The van der Waals surface area contributed by atoms with Gasteiger partial charge in [0.1, 0.15) is 11.5 Å². The second-order valence-corrected chi connectivity index (χ2v) is 7.12. The number of amides is 2. The number of carbonyl (C=O) groups is 2. The van der Waals surface area contributed by atoms with Gasteiger partial charge in [-0.05, 0) is 36.8 Å². The lowest BCUT2D eigenvalue weighted by molar-refractivity contribution is -0.131. The molecule has 7 nitrogen and oxygen atoms in total. The second kappa shape index (κ2) is 10.6. The van der Waals surface area contributed by atoms with Crippen LogP contribution in [0.15, 0.2) is 48.5 Å². The Labute approximate surface area is 177 Å². The third kappa shape index (κ3) is 5.73. The number of methoxy groups -OCH3 is 1. The minimum Gasteiger partial charge on any atom is -0.497 e. The smallest absolute Gasteiger partial charge is 0.255 e. The number of para-hydroxylation sites is 1. The first-order valence-electron chi connectivity index (χ1n) is 10.2. The maximum absolute atomic E-state index is 12.5. The number of nitrogens with zero attached hydrogens (tertiary/aromatic N) is 2. The van der Waals surface area contributed by atoms with Crippen molar-refractivity contribution in [1.29, 1.82) is 0 Å². The Morgan fingerprint density at radius 2 is 1.70 bits per heavy atom. The van der Waals surface area contributed by atoms with Crippen molar-refractivity contribution >= 4 is 11.8 Å². The van der Waals surface area contributed by atoms with Gasteiger partial charge >= 0.3 is 0 Å². The molecule has 0 atom stereocenters. The van der Waals surface area contributed by atoms with E-state index in [0.717, 1.165) is 25.4 Å². The fourth-order valence-electron chi connectivity index (χ4n) is 3.44. The molecule has 0 saturated carbocycles. The standard InChI is InChI=1S/C23H29N3O4/c1-3-30-21-7-5-4-6-20(21)23(28)24-16-22(27)26-14-12-25(13-15-26)17-18-8-10-19(29-2)11-9-18/h4-11H,3,12-17H2,1-2H3,(H,24,28). The Hall–Kier alpha value is -3.06. The van der Waals surface area contributed by atoms with Crippen molar-refractivity contribution in [3.05, 3.63) is 59.7 Å². The van der Waals surface area contributed by atoms with Crippen LogP contribution in [-0.4, -0.2) is 68.1 Å². The summed E-state index contributed by atoms with van der Waals surface area (Å²) in [5.41, 5.74) is 1.66. The normalized spacial score (nSPS) is 14.3. The largest absolute Gasteiger partial charge is 0.497 e. The van der Waals surface area contributed by atoms with Gasteiger partial charge in [-0.2, -0.15) is 0 Å². The molecule has 0 aromatic heterocycles. The summed E-state index contributed by atoms with van der Waals surface area (Å²) in [5, 5.41) is 2.72. The van der Waals surface area contributed by atoms with Crippen molar-refractivity contribution < 1.29 is 19.1 Å². The van der Waals surface area contributed by atoms with Crippen molar-refractivity contribution in [2.45, 2.75) is 13.5 Å². The highest BCUT2D eigenvalue weighted by molar-refractivity contribution is 5.98. The molecule has 0 unspecified atom stereocenters. The average molecular weight is 412 g/mol. The van der Waals surface area contributed by atoms with Gasteiger partial charge in [0.15, 0.2) is 0 Å². The van der Waals surface area contributed by atoms with E-state index in [0.29, 0.717) is 31.0 Å². The lowest BCUT2D eigenvalue weighted by Crippen LogP contribution is -2.50. The quantitative estimate of drug-likeness (QED) is 0.721. The van der Waals surface area contributed by atoms with Crippen molar-refractivity contribution in [1.82, 2.24) is 15.1 Å². The van der Waals surface area contributed by atoms with E-state index in [9.17, 15) is 9.59 Å². The minimum atomic E-state index is -0.300. The molecule has 0 spiro atoms. The van der Waals surface area contributed by atoms with Gasteiger partial charge in [-0.15, -0.1) is 0 Å². The Kier molecular flexibility index (Phi) is 7.68. The molecule has 2 aromatic carbocycles. The number of piperazine rings is 1. The zero-order valence-corrected chi connectivity index (χ0v) is 17.6. The highest BCUT2D eigenvalue weighted by Gasteiger charge is 2.22. The van der Waals surface area contributed by atoms with Gasteiger partial charge in [0, 0.05) is 32.7 Å². The number of hydrogen-bond acceptors (Lipinski definition) is 5. The predicted octanol–water partition coefficient (Wildman–Crippen LogP) is 2.17. The van der Waals surface area contributed by atoms with E-state index in [1.165, 1.54) is 5.56 Å². The summed E-state index contributed by atoms with van der Waals surface area (Å²) in [6, 6.07) is 15.1. The third-order valence-electron chi connectivity index (χ3n) is 5.12. The lowest BCUT2D eigenvalue weighted by atomic mass is 10.2. The fraction of sp³-hybridized carbons (Fsp3) is 0.391. The molecule has 1 aliphatic rings. The van der Waals surface area contributed by atoms with E-state index < -0.39 is 0 Å². The molecule has 7 heteroatoms. The molecule has 160 valence electrons. The molecule has 1 N–H and O–H groups in total. The lowest BCUT2D eigenvalue weighted by Gasteiger charge is -2.34. The van der Waals surface area contributed by atoms with Crippen LogP contribution in [0.5, 0.6) is 11.5 Å². The molecule has 0 bridgehead atoms. The Morgan fingerprint density at radius 1 is 1.00 bits per heavy atom. The third-order valence-corrected chi connectivity index (χ3v) is 5.12. The SMILES string of the molecule is CCOc1ccccc1C(=O)NCC(=O)N1CCN(Cc2ccc(OC)cc2)CC1. The molecule has 0 aliphatic carbocycles. The molecule has 1 fully saturated rings. The number of carbonyl (C=O) groups excluding carboxylic acids is 2. The number of ether oxygens (including phenoxy) is 2. The molecular formula is C23H29N3O4. The van der Waals surface area contributed by atoms with Gasteiger partial charge < -0.3 is 19.7 Å². The molecular weight excluding hydrogens is 382 g/mol. The summed E-state index contributed by atoms with van der Waals surface area (Å²) >= 11 is 0. The van der Waals surface area contributed by atoms with Crippen LogP contribution < -0.4 is 14.8 Å². The summed E-state index contributed by atoms with van der Waals surface area (Å²) in [6.45, 7) is 6.09. The maximum Gasteiger partial charge on any atom is 0.255 e. The highest BCUT2D eigenvalue weighted by Crippen LogP contribution is 2.18. The molecule has 1 saturated heterocycles. The Bertz CT molecular complexity index is 846. The summed E-state index contributed by atoms with van der Waals surface area (Å²) < 4.78 is 10.7. The van der Waals surface area contributed by atoms with Crippen LogP contribution in [0, 0.1) is 0 Å². The Balaban J connectivity index is 1.44. The highest BCUT2D eigenvalue weighted by atomic mass is 16.5. The molecule has 30 heavy (non-hydrogen) atoms. The summed E-state index contributed by atoms with van der Waals surface area (Å²) in [7, 11) is 1.66. The van der Waals surface area contributed by atoms with E-state index in [1.54, 1.807) is 30.2 Å². The first-order valence-corrected chi connectivity index (χ1v) is 10.2. The van der Waals surface area contributed by atoms with Gasteiger partial charge in [0.25, 0.3) is 5.91 Å². The molecule has 2 aromatic rings. The van der Waals surface area contributed by atoms with E-state index in [1.807, 2.05) is 25.1 Å². The summed E-state index contributed by atoms with van der Waals surface area (Å²) in [4.78, 5) is 29.1. The molecule has 1 aliphatic heterocycles. The summed E-state index contributed by atoms with van der Waals surface area (Å²) in [6.07, 6.45) is 0. The first kappa shape index (κ1) is 21.6. The van der Waals surface area contributed by atoms with Gasteiger partial charge in [0.05, 0.1) is 25.8 Å². The van der Waals surface area contributed by atoms with Crippen molar-refractivity contribution in [3.63, 3.8) is 0 Å². The van der Waals surface area contributed by atoms with Gasteiger partial charge in [0.2, 0.25) is 5.91 Å². The number of hydrogen-bond donors (Lipinski definition) is 1. The van der Waals surface area contributed by atoms with Crippen molar-refractivity contribution in [2.75, 3.05) is 46.4 Å². The van der Waals surface area contributed by atoms with E-state index in [2.05, 4.69) is 22.3 Å². The monoisotopic (exact) mass is 411 g/mol. The Morgan fingerprint density at radius 3 is 2.37 bits per heavy atom. The van der Waals surface area contributed by atoms with Crippen LogP contribution in [0.2, 0.25) is 0 Å². The van der Waals surface area contributed by atoms with E-state index >= 15 is 0 Å². The molecule has 0 radical (unpaired) electrons. The van der Waals surface area contributed by atoms with Crippen LogP contribution in [0.3, 0.4) is 0 Å². The number of nitrogens with one attached hydrogen (secondary N) is 1. The zero-order chi connectivity index (χ0) is 21.3. The number of benzene rings is 2. The van der Waals surface area contributed by atoms with Gasteiger partial charge in [-0.1, -0.05) is 24.3 Å². The fourth-order valence-corrected chi connectivity index (χ4v) is 3.44. The van der Waals surface area contributed by atoms with Crippen LogP contribution in [0.4, 0.5) is 0 Å². The topological polar surface area (TPSA) is 71.1 Å². The molecule has 2 amide bonds. The molecule has 1 heterocycles. The van der Waals surface area contributed by atoms with E-state index in [4.69, 9.17) is 9.47 Å². The second-order valence-electron chi connectivity index (χ2n) is 7.12. The zero-order valence-electron chi connectivity index (χ0n) is 17.6. The van der Waals surface area contributed by atoms with Crippen LogP contribution in [0.25, 0.3) is 0 Å². The van der Waals surface area contributed by atoms with E-state index in [-0.39, 0.29) is 18.4 Å². The maximum atomic E-state index is 12.5. The summed E-state index contributed by atoms with van der Waals surface area (Å²) in [5.74, 6) is 1.00. The average Bonchev–Trinajstić information content (AvgIpc) is 2.79. The number of rotatable bonds is 8. The van der Waals surface area contributed by atoms with Crippen LogP contribution >= 0.6 is 0 Å². The van der Waals surface area contributed by atoms with Gasteiger partial charge in [-0.25, -0.2) is 0 Å². The minimum absolute atomic E-state index is 0.0161. The van der Waals surface area contributed by atoms with Crippen molar-refractivity contribution in [3.8, 4) is 11.5 Å². The van der Waals surface area contributed by atoms with Crippen LogP contribution in [-0.2, 0) is 11.3 Å². The van der Waals surface area contributed by atoms with Crippen LogP contribution in [0.1, 0.15) is 22.8 Å². The predicted molar refractivity (Wildman–Crippen MR) is 115 cm³/mol. The molecule has 3 rings (SSSR count). The van der Waals surface area contributed by atoms with Gasteiger partial charge in [-0.3, -0.25) is 14.5 Å². The first-order chi connectivity index (χ1) is 14.6.